The highest BCUT2D eigenvalue weighted by atomic mass is 32.2. The molecule has 8 heteroatoms. The Morgan fingerprint density at radius 1 is 0.929 bits per heavy atom. The third-order valence-electron chi connectivity index (χ3n) is 4.24. The second-order valence-corrected chi connectivity index (χ2v) is 7.82. The fraction of sp³-hybridized carbons (Fsp3) is 0.150. The molecule has 0 radical (unpaired) electrons. The quantitative estimate of drug-likeness (QED) is 0.654. The van der Waals surface area contributed by atoms with Gasteiger partial charge >= 0.3 is 5.97 Å². The second kappa shape index (κ2) is 7.77. The number of methoxy groups -OCH3 is 2. The number of anilines is 1. The van der Waals surface area contributed by atoms with Gasteiger partial charge in [0.05, 0.1) is 24.8 Å². The van der Waals surface area contributed by atoms with Crippen LogP contribution in [0.1, 0.15) is 0 Å². The van der Waals surface area contributed by atoms with E-state index in [1.807, 2.05) is 18.2 Å². The lowest BCUT2D eigenvalue weighted by Crippen LogP contribution is -2.35. The van der Waals surface area contributed by atoms with E-state index in [9.17, 15) is 18.3 Å². The van der Waals surface area contributed by atoms with Crippen LogP contribution >= 0.6 is 0 Å². The first-order valence-corrected chi connectivity index (χ1v) is 9.76. The molecule has 0 unspecified atom stereocenters. The van der Waals surface area contributed by atoms with Crippen LogP contribution < -0.4 is 13.8 Å². The molecule has 0 atom stereocenters. The lowest BCUT2D eigenvalue weighted by atomic mass is 10.1. The standard InChI is InChI=1S/C20H19NO6S/c1-26-18-10-8-16(12-19(18)27-2)21(13-20(22)23)28(24,25)17-9-7-14-5-3-4-6-15(14)11-17/h3-12H,13H2,1-2H3,(H,22,23). The summed E-state index contributed by atoms with van der Waals surface area (Å²) >= 11 is 0. The molecule has 0 aromatic heterocycles. The minimum Gasteiger partial charge on any atom is -0.493 e. The zero-order valence-electron chi connectivity index (χ0n) is 15.3. The molecule has 0 aliphatic heterocycles. The van der Waals surface area contributed by atoms with Crippen molar-refractivity contribution < 1.29 is 27.8 Å². The number of carboxylic acid groups (broad SMARTS) is 1. The summed E-state index contributed by atoms with van der Waals surface area (Å²) in [6.45, 7) is -0.732. The molecule has 7 nitrogen and oxygen atoms in total. The maximum absolute atomic E-state index is 13.3. The highest BCUT2D eigenvalue weighted by molar-refractivity contribution is 7.92. The highest BCUT2D eigenvalue weighted by Gasteiger charge is 2.28. The van der Waals surface area contributed by atoms with Crippen LogP contribution in [-0.2, 0) is 14.8 Å². The fourth-order valence-corrected chi connectivity index (χ4v) is 4.31. The molecule has 0 fully saturated rings. The van der Waals surface area contributed by atoms with Gasteiger partial charge < -0.3 is 14.6 Å². The second-order valence-electron chi connectivity index (χ2n) is 5.95. The van der Waals surface area contributed by atoms with E-state index in [0.717, 1.165) is 15.1 Å². The molecule has 1 N–H and O–H groups in total. The van der Waals surface area contributed by atoms with Gasteiger partial charge in [-0.2, -0.15) is 0 Å². The number of carboxylic acids is 1. The number of rotatable bonds is 7. The molecule has 0 aliphatic rings. The van der Waals surface area contributed by atoms with Gasteiger partial charge in [0.2, 0.25) is 0 Å². The van der Waals surface area contributed by atoms with E-state index >= 15 is 0 Å². The van der Waals surface area contributed by atoms with Gasteiger partial charge in [0.25, 0.3) is 10.0 Å². The molecule has 3 aromatic carbocycles. The summed E-state index contributed by atoms with van der Waals surface area (Å²) in [6, 6.07) is 16.5. The summed E-state index contributed by atoms with van der Waals surface area (Å²) in [5.41, 5.74) is 0.160. The Hall–Kier alpha value is -3.26. The van der Waals surface area contributed by atoms with Gasteiger partial charge in [-0.15, -0.1) is 0 Å². The Labute approximate surface area is 162 Å². The van der Waals surface area contributed by atoms with Crippen molar-refractivity contribution in [3.05, 3.63) is 60.7 Å². The Morgan fingerprint density at radius 2 is 1.61 bits per heavy atom. The van der Waals surface area contributed by atoms with Gasteiger partial charge in [0.15, 0.2) is 11.5 Å². The number of ether oxygens (including phenoxy) is 2. The molecular weight excluding hydrogens is 382 g/mol. The molecule has 3 aromatic rings. The number of aliphatic carboxylic acids is 1. The molecule has 0 saturated carbocycles. The lowest BCUT2D eigenvalue weighted by Gasteiger charge is -2.24. The van der Waals surface area contributed by atoms with Crippen molar-refractivity contribution in [1.29, 1.82) is 0 Å². The number of nitrogens with zero attached hydrogens (tertiary/aromatic N) is 1. The van der Waals surface area contributed by atoms with Gasteiger partial charge in [-0.05, 0) is 35.0 Å². The molecule has 0 spiro atoms. The van der Waals surface area contributed by atoms with E-state index in [1.54, 1.807) is 12.1 Å². The summed E-state index contributed by atoms with van der Waals surface area (Å²) in [5, 5.41) is 10.9. The monoisotopic (exact) mass is 401 g/mol. The molecule has 146 valence electrons. The van der Waals surface area contributed by atoms with Crippen molar-refractivity contribution in [1.82, 2.24) is 0 Å². The largest absolute Gasteiger partial charge is 0.493 e. The topological polar surface area (TPSA) is 93.1 Å². The van der Waals surface area contributed by atoms with Crippen LogP contribution in [0.15, 0.2) is 65.6 Å². The first kappa shape index (κ1) is 19.5. The molecule has 0 bridgehead atoms. The number of sulfonamides is 1. The molecule has 0 saturated heterocycles. The van der Waals surface area contributed by atoms with Crippen LogP contribution in [0.4, 0.5) is 5.69 Å². The van der Waals surface area contributed by atoms with Gasteiger partial charge in [-0.3, -0.25) is 9.10 Å². The normalized spacial score (nSPS) is 11.2. The van der Waals surface area contributed by atoms with Crippen molar-refractivity contribution in [3.8, 4) is 11.5 Å². The lowest BCUT2D eigenvalue weighted by molar-refractivity contribution is -0.135. The molecule has 0 aliphatic carbocycles. The van der Waals surface area contributed by atoms with Crippen molar-refractivity contribution in [2.45, 2.75) is 4.90 Å². The Kier molecular flexibility index (Phi) is 5.41. The van der Waals surface area contributed by atoms with Crippen LogP contribution in [0.5, 0.6) is 11.5 Å². The zero-order valence-corrected chi connectivity index (χ0v) is 16.1. The Morgan fingerprint density at radius 3 is 2.25 bits per heavy atom. The number of hydrogen-bond donors (Lipinski definition) is 1. The van der Waals surface area contributed by atoms with Gasteiger partial charge in [-0.25, -0.2) is 8.42 Å². The van der Waals surface area contributed by atoms with E-state index in [0.29, 0.717) is 11.5 Å². The zero-order chi connectivity index (χ0) is 20.3. The third-order valence-corrected chi connectivity index (χ3v) is 6.01. The SMILES string of the molecule is COc1ccc(N(CC(=O)O)S(=O)(=O)c2ccc3ccccc3c2)cc1OC. The first-order valence-electron chi connectivity index (χ1n) is 8.32. The van der Waals surface area contributed by atoms with E-state index < -0.39 is 22.5 Å². The van der Waals surface area contributed by atoms with Crippen LogP contribution in [0, 0.1) is 0 Å². The average molecular weight is 401 g/mol. The summed E-state index contributed by atoms with van der Waals surface area (Å²) < 4.78 is 37.7. The predicted octanol–water partition coefficient (Wildman–Crippen LogP) is 3.14. The van der Waals surface area contributed by atoms with E-state index in [4.69, 9.17) is 9.47 Å². The number of fused-ring (bicyclic) bond motifs is 1. The van der Waals surface area contributed by atoms with Crippen molar-refractivity contribution in [3.63, 3.8) is 0 Å². The molecule has 3 rings (SSSR count). The van der Waals surface area contributed by atoms with Gasteiger partial charge in [-0.1, -0.05) is 30.3 Å². The van der Waals surface area contributed by atoms with E-state index in [2.05, 4.69) is 0 Å². The van der Waals surface area contributed by atoms with Crippen molar-refractivity contribution >= 4 is 32.5 Å². The molecule has 0 amide bonds. The predicted molar refractivity (Wildman–Crippen MR) is 106 cm³/mol. The van der Waals surface area contributed by atoms with Crippen LogP contribution in [-0.4, -0.2) is 40.3 Å². The molecule has 0 heterocycles. The summed E-state index contributed by atoms with van der Waals surface area (Å²) in [5.74, 6) is -0.576. The summed E-state index contributed by atoms with van der Waals surface area (Å²) in [4.78, 5) is 11.4. The van der Waals surface area contributed by atoms with E-state index in [1.165, 1.54) is 44.6 Å². The highest BCUT2D eigenvalue weighted by Crippen LogP contribution is 2.34. The number of benzene rings is 3. The fourth-order valence-electron chi connectivity index (χ4n) is 2.87. The van der Waals surface area contributed by atoms with Gasteiger partial charge in [0.1, 0.15) is 6.54 Å². The maximum atomic E-state index is 13.3. The Balaban J connectivity index is 2.13. The van der Waals surface area contributed by atoms with Crippen molar-refractivity contribution in [2.75, 3.05) is 25.1 Å². The number of hydrogen-bond acceptors (Lipinski definition) is 5. The van der Waals surface area contributed by atoms with Gasteiger partial charge in [0, 0.05) is 6.07 Å². The summed E-state index contributed by atoms with van der Waals surface area (Å²) in [6.07, 6.45) is 0. The van der Waals surface area contributed by atoms with Crippen LogP contribution in [0.3, 0.4) is 0 Å². The minimum atomic E-state index is -4.13. The first-order chi connectivity index (χ1) is 13.4. The third kappa shape index (κ3) is 3.72. The maximum Gasteiger partial charge on any atom is 0.324 e. The molecule has 28 heavy (non-hydrogen) atoms. The summed E-state index contributed by atoms with van der Waals surface area (Å²) in [7, 11) is -1.25. The number of carbonyl (C=O) groups is 1. The van der Waals surface area contributed by atoms with Crippen LogP contribution in [0.25, 0.3) is 10.8 Å². The average Bonchev–Trinajstić information content (AvgIpc) is 2.70. The molecular formula is C20H19NO6S. The van der Waals surface area contributed by atoms with E-state index in [-0.39, 0.29) is 10.6 Å². The minimum absolute atomic E-state index is 0.00207. The van der Waals surface area contributed by atoms with Crippen LogP contribution in [0.2, 0.25) is 0 Å². The van der Waals surface area contributed by atoms with Crippen molar-refractivity contribution in [2.24, 2.45) is 0 Å². The smallest absolute Gasteiger partial charge is 0.324 e. The Bertz CT molecular complexity index is 1130.